The second-order valence-corrected chi connectivity index (χ2v) is 6.15. The Bertz CT molecular complexity index is 556. The van der Waals surface area contributed by atoms with Crippen LogP contribution < -0.4 is 9.47 Å². The SMILES string of the molecule is CCN(C(=O)/C=C(\C)c1ccc(OC)cc1OC)C(C)(C)C. The third-order valence-corrected chi connectivity index (χ3v) is 3.57. The minimum atomic E-state index is -0.202. The summed E-state index contributed by atoms with van der Waals surface area (Å²) >= 11 is 0. The molecule has 0 saturated heterocycles. The van der Waals surface area contributed by atoms with Gasteiger partial charge in [-0.2, -0.15) is 0 Å². The molecule has 4 heteroatoms. The summed E-state index contributed by atoms with van der Waals surface area (Å²) in [5.41, 5.74) is 1.56. The monoisotopic (exact) mass is 305 g/mol. The minimum Gasteiger partial charge on any atom is -0.497 e. The molecule has 1 aromatic carbocycles. The average molecular weight is 305 g/mol. The van der Waals surface area contributed by atoms with Crippen molar-refractivity contribution in [2.24, 2.45) is 0 Å². The van der Waals surface area contributed by atoms with E-state index in [1.807, 2.05) is 57.7 Å². The highest BCUT2D eigenvalue weighted by Gasteiger charge is 2.23. The number of amides is 1. The number of methoxy groups -OCH3 is 2. The Labute approximate surface area is 133 Å². The molecule has 22 heavy (non-hydrogen) atoms. The third-order valence-electron chi connectivity index (χ3n) is 3.57. The molecule has 0 unspecified atom stereocenters. The van der Waals surface area contributed by atoms with E-state index in [1.54, 1.807) is 20.3 Å². The first-order valence-electron chi connectivity index (χ1n) is 7.46. The maximum atomic E-state index is 12.5. The van der Waals surface area contributed by atoms with Crippen molar-refractivity contribution >= 4 is 11.5 Å². The largest absolute Gasteiger partial charge is 0.497 e. The highest BCUT2D eigenvalue weighted by atomic mass is 16.5. The lowest BCUT2D eigenvalue weighted by atomic mass is 10.0. The lowest BCUT2D eigenvalue weighted by molar-refractivity contribution is -0.130. The number of ether oxygens (including phenoxy) is 2. The van der Waals surface area contributed by atoms with Crippen LogP contribution >= 0.6 is 0 Å². The normalized spacial score (nSPS) is 12.0. The predicted molar refractivity (Wildman–Crippen MR) is 90.3 cm³/mol. The predicted octanol–water partition coefficient (Wildman–Crippen LogP) is 3.75. The zero-order valence-electron chi connectivity index (χ0n) is 14.7. The Kier molecular flexibility index (Phi) is 6.03. The first kappa shape index (κ1) is 18.1. The number of carbonyl (C=O) groups is 1. The van der Waals surface area contributed by atoms with Crippen LogP contribution in [0.15, 0.2) is 24.3 Å². The van der Waals surface area contributed by atoms with Gasteiger partial charge in [-0.3, -0.25) is 4.79 Å². The van der Waals surface area contributed by atoms with E-state index in [4.69, 9.17) is 9.47 Å². The summed E-state index contributed by atoms with van der Waals surface area (Å²) in [5, 5.41) is 0. The number of likely N-dealkylation sites (N-methyl/N-ethyl adjacent to an activating group) is 1. The lowest BCUT2D eigenvalue weighted by Gasteiger charge is -2.34. The van der Waals surface area contributed by atoms with E-state index in [1.165, 1.54) is 0 Å². The number of carbonyl (C=O) groups excluding carboxylic acids is 1. The Hall–Kier alpha value is -1.97. The molecular weight excluding hydrogens is 278 g/mol. The minimum absolute atomic E-state index is 0.00497. The maximum Gasteiger partial charge on any atom is 0.247 e. The first-order chi connectivity index (χ1) is 10.2. The van der Waals surface area contributed by atoms with Crippen LogP contribution in [-0.2, 0) is 4.79 Å². The van der Waals surface area contributed by atoms with E-state index in [0.29, 0.717) is 12.3 Å². The molecule has 0 saturated carbocycles. The number of hydrogen-bond donors (Lipinski definition) is 0. The number of rotatable bonds is 5. The van der Waals surface area contributed by atoms with Gasteiger partial charge < -0.3 is 14.4 Å². The van der Waals surface area contributed by atoms with Gasteiger partial charge in [-0.05, 0) is 52.3 Å². The Morgan fingerprint density at radius 1 is 1.23 bits per heavy atom. The average Bonchev–Trinajstić information content (AvgIpc) is 2.45. The summed E-state index contributed by atoms with van der Waals surface area (Å²) in [5.74, 6) is 1.43. The highest BCUT2D eigenvalue weighted by molar-refractivity contribution is 5.96. The van der Waals surface area contributed by atoms with E-state index < -0.39 is 0 Å². The Balaban J connectivity index is 3.14. The second-order valence-electron chi connectivity index (χ2n) is 6.15. The van der Waals surface area contributed by atoms with Crippen LogP contribution in [-0.4, -0.2) is 37.1 Å². The molecule has 0 aliphatic carbocycles. The molecule has 0 aliphatic rings. The zero-order chi connectivity index (χ0) is 16.9. The lowest BCUT2D eigenvalue weighted by Crippen LogP contribution is -2.44. The van der Waals surface area contributed by atoms with Gasteiger partial charge in [0.1, 0.15) is 11.5 Å². The van der Waals surface area contributed by atoms with Gasteiger partial charge in [0.2, 0.25) is 5.91 Å². The van der Waals surface area contributed by atoms with Gasteiger partial charge in [-0.15, -0.1) is 0 Å². The molecule has 0 bridgehead atoms. The van der Waals surface area contributed by atoms with Crippen molar-refractivity contribution in [3.05, 3.63) is 29.8 Å². The molecular formula is C18H27NO3. The fourth-order valence-electron chi connectivity index (χ4n) is 2.43. The Morgan fingerprint density at radius 3 is 2.32 bits per heavy atom. The van der Waals surface area contributed by atoms with Crippen molar-refractivity contribution in [1.82, 2.24) is 4.90 Å². The molecule has 4 nitrogen and oxygen atoms in total. The van der Waals surface area contributed by atoms with Gasteiger partial charge in [-0.1, -0.05) is 0 Å². The van der Waals surface area contributed by atoms with E-state index in [2.05, 4.69) is 0 Å². The van der Waals surface area contributed by atoms with Crippen LogP contribution in [0.1, 0.15) is 40.2 Å². The van der Waals surface area contributed by atoms with Gasteiger partial charge in [0, 0.05) is 29.8 Å². The number of benzene rings is 1. The Morgan fingerprint density at radius 2 is 1.86 bits per heavy atom. The molecule has 0 heterocycles. The van der Waals surface area contributed by atoms with Crippen molar-refractivity contribution in [2.45, 2.75) is 40.2 Å². The van der Waals surface area contributed by atoms with Crippen molar-refractivity contribution in [2.75, 3.05) is 20.8 Å². The van der Waals surface area contributed by atoms with Gasteiger partial charge in [-0.25, -0.2) is 0 Å². The summed E-state index contributed by atoms with van der Waals surface area (Å²) in [6.07, 6.45) is 1.67. The van der Waals surface area contributed by atoms with E-state index >= 15 is 0 Å². The van der Waals surface area contributed by atoms with Crippen molar-refractivity contribution in [3.63, 3.8) is 0 Å². The fraction of sp³-hybridized carbons (Fsp3) is 0.500. The number of allylic oxidation sites excluding steroid dienone is 1. The molecule has 1 amide bonds. The van der Waals surface area contributed by atoms with Gasteiger partial charge >= 0.3 is 0 Å². The summed E-state index contributed by atoms with van der Waals surface area (Å²) in [4.78, 5) is 14.4. The molecule has 0 radical (unpaired) electrons. The topological polar surface area (TPSA) is 38.8 Å². The van der Waals surface area contributed by atoms with Crippen molar-refractivity contribution < 1.29 is 14.3 Å². The molecule has 0 N–H and O–H groups in total. The molecule has 122 valence electrons. The van der Waals surface area contributed by atoms with E-state index in [0.717, 1.165) is 16.9 Å². The molecule has 1 rings (SSSR count). The van der Waals surface area contributed by atoms with Gasteiger partial charge in [0.25, 0.3) is 0 Å². The molecule has 0 aliphatic heterocycles. The number of nitrogens with zero attached hydrogens (tertiary/aromatic N) is 1. The molecule has 1 aromatic rings. The zero-order valence-corrected chi connectivity index (χ0v) is 14.7. The van der Waals surface area contributed by atoms with Crippen LogP contribution in [0.25, 0.3) is 5.57 Å². The van der Waals surface area contributed by atoms with Crippen LogP contribution in [0.4, 0.5) is 0 Å². The van der Waals surface area contributed by atoms with Crippen LogP contribution in [0.5, 0.6) is 11.5 Å². The van der Waals surface area contributed by atoms with Crippen molar-refractivity contribution in [3.8, 4) is 11.5 Å². The number of hydrogen-bond acceptors (Lipinski definition) is 3. The molecule has 0 aromatic heterocycles. The third kappa shape index (κ3) is 4.26. The van der Waals surface area contributed by atoms with Gasteiger partial charge in [0.15, 0.2) is 0 Å². The molecule has 0 spiro atoms. The summed E-state index contributed by atoms with van der Waals surface area (Å²) in [6.45, 7) is 10.7. The summed E-state index contributed by atoms with van der Waals surface area (Å²) in [6, 6.07) is 5.59. The first-order valence-corrected chi connectivity index (χ1v) is 7.46. The quantitative estimate of drug-likeness (QED) is 0.778. The smallest absolute Gasteiger partial charge is 0.247 e. The summed E-state index contributed by atoms with van der Waals surface area (Å²) < 4.78 is 10.6. The maximum absolute atomic E-state index is 12.5. The van der Waals surface area contributed by atoms with E-state index in [-0.39, 0.29) is 11.4 Å². The highest BCUT2D eigenvalue weighted by Crippen LogP contribution is 2.30. The second kappa shape index (κ2) is 7.34. The fourth-order valence-corrected chi connectivity index (χ4v) is 2.43. The van der Waals surface area contributed by atoms with Crippen LogP contribution in [0.2, 0.25) is 0 Å². The van der Waals surface area contributed by atoms with Crippen LogP contribution in [0, 0.1) is 0 Å². The van der Waals surface area contributed by atoms with Gasteiger partial charge in [0.05, 0.1) is 14.2 Å². The molecule has 0 atom stereocenters. The standard InChI is InChI=1S/C18H27NO3/c1-8-19(18(3,4)5)17(20)11-13(2)15-10-9-14(21-6)12-16(15)22-7/h9-12H,8H2,1-7H3/b13-11+. The van der Waals surface area contributed by atoms with Crippen LogP contribution in [0.3, 0.4) is 0 Å². The molecule has 0 fully saturated rings. The van der Waals surface area contributed by atoms with Crippen molar-refractivity contribution in [1.29, 1.82) is 0 Å². The van der Waals surface area contributed by atoms with E-state index in [9.17, 15) is 4.79 Å². The summed E-state index contributed by atoms with van der Waals surface area (Å²) in [7, 11) is 3.23.